The first kappa shape index (κ1) is 22.3. The number of hydrogen-bond acceptors (Lipinski definition) is 7. The predicted molar refractivity (Wildman–Crippen MR) is 117 cm³/mol. The normalized spacial score (nSPS) is 11.5. The molecule has 0 aromatic carbocycles. The van der Waals surface area contributed by atoms with Gasteiger partial charge in [0.25, 0.3) is 0 Å². The van der Waals surface area contributed by atoms with Crippen LogP contribution in [0.25, 0.3) is 21.6 Å². The molecule has 0 atom stereocenters. The first-order valence-corrected chi connectivity index (χ1v) is 11.1. The van der Waals surface area contributed by atoms with Gasteiger partial charge in [-0.15, -0.1) is 22.7 Å². The summed E-state index contributed by atoms with van der Waals surface area (Å²) in [5.74, 6) is 0.463. The van der Waals surface area contributed by atoms with Gasteiger partial charge in [-0.05, 0) is 46.1 Å². The van der Waals surface area contributed by atoms with Crippen LogP contribution >= 0.6 is 22.7 Å². The number of hydrogen-bond donors (Lipinski definition) is 0. The molecule has 0 N–H and O–H groups in total. The van der Waals surface area contributed by atoms with Crippen LogP contribution < -0.4 is 4.74 Å². The quantitative estimate of drug-likeness (QED) is 0.471. The van der Waals surface area contributed by atoms with Gasteiger partial charge in [0.2, 0.25) is 5.88 Å². The lowest BCUT2D eigenvalue weighted by Gasteiger charge is -2.20. The number of ether oxygens (including phenoxy) is 2. The highest BCUT2D eigenvalue weighted by Gasteiger charge is 2.18. The molecule has 3 rings (SSSR count). The van der Waals surface area contributed by atoms with E-state index in [1.165, 1.54) is 0 Å². The van der Waals surface area contributed by atoms with Gasteiger partial charge < -0.3 is 9.47 Å². The zero-order valence-electron chi connectivity index (χ0n) is 17.5. The number of rotatable bonds is 4. The molecule has 152 valence electrons. The number of carbonyl (C=O) groups excluding carboxylic acids is 1. The first-order chi connectivity index (χ1) is 13.1. The van der Waals surface area contributed by atoms with Gasteiger partial charge in [0, 0.05) is 10.8 Å². The summed E-state index contributed by atoms with van der Waals surface area (Å²) in [7, 11) is 0. The Morgan fingerprint density at radius 3 is 2.18 bits per heavy atom. The zero-order chi connectivity index (χ0) is 20.9. The molecule has 28 heavy (non-hydrogen) atoms. The van der Waals surface area contributed by atoms with Gasteiger partial charge in [0.1, 0.15) is 22.3 Å². The Balaban J connectivity index is 0.000000242. The van der Waals surface area contributed by atoms with Gasteiger partial charge >= 0.3 is 5.97 Å². The van der Waals surface area contributed by atoms with Crippen LogP contribution in [0.15, 0.2) is 28.3 Å². The van der Waals surface area contributed by atoms with Crippen molar-refractivity contribution in [2.75, 3.05) is 0 Å². The van der Waals surface area contributed by atoms with Crippen molar-refractivity contribution in [2.24, 2.45) is 5.92 Å². The van der Waals surface area contributed by atoms with Gasteiger partial charge in [0.15, 0.2) is 0 Å². The molecular formula is C21H28N2O3S2. The van der Waals surface area contributed by atoms with Crippen LogP contribution in [-0.2, 0) is 9.53 Å². The molecule has 0 aliphatic rings. The van der Waals surface area contributed by atoms with E-state index in [0.717, 1.165) is 21.6 Å². The summed E-state index contributed by atoms with van der Waals surface area (Å²) in [6.45, 7) is 13.3. The molecule has 0 unspecified atom stereocenters. The van der Waals surface area contributed by atoms with Gasteiger partial charge in [-0.2, -0.15) is 0 Å². The van der Waals surface area contributed by atoms with E-state index in [4.69, 9.17) is 9.47 Å². The molecule has 5 nitrogen and oxygen atoms in total. The molecular weight excluding hydrogens is 392 g/mol. The number of esters is 1. The lowest BCUT2D eigenvalue weighted by Crippen LogP contribution is -2.26. The average molecular weight is 421 g/mol. The van der Waals surface area contributed by atoms with Gasteiger partial charge in [-0.3, -0.25) is 4.79 Å². The molecule has 7 heteroatoms. The maximum Gasteiger partial charge on any atom is 0.308 e. The largest absolute Gasteiger partial charge is 0.473 e. The van der Waals surface area contributed by atoms with E-state index in [-0.39, 0.29) is 23.6 Å². The number of carbonyl (C=O) groups is 1. The van der Waals surface area contributed by atoms with Gasteiger partial charge in [-0.1, -0.05) is 19.9 Å². The second kappa shape index (κ2) is 9.47. The lowest BCUT2D eigenvalue weighted by molar-refractivity contribution is -0.158. The van der Waals surface area contributed by atoms with Crippen molar-refractivity contribution in [3.63, 3.8) is 0 Å². The van der Waals surface area contributed by atoms with Crippen LogP contribution in [0.2, 0.25) is 0 Å². The highest BCUT2D eigenvalue weighted by Crippen LogP contribution is 2.33. The van der Waals surface area contributed by atoms with Crippen molar-refractivity contribution in [3.05, 3.63) is 28.3 Å². The second-order valence-electron chi connectivity index (χ2n) is 7.85. The van der Waals surface area contributed by atoms with Gasteiger partial charge in [0.05, 0.1) is 16.9 Å². The minimum atomic E-state index is -0.346. The molecule has 0 saturated carbocycles. The van der Waals surface area contributed by atoms with Crippen molar-refractivity contribution in [2.45, 2.75) is 60.2 Å². The smallest absolute Gasteiger partial charge is 0.308 e. The number of nitrogens with zero attached hydrogens (tertiary/aromatic N) is 2. The van der Waals surface area contributed by atoms with Gasteiger partial charge in [-0.25, -0.2) is 9.97 Å². The fourth-order valence-electron chi connectivity index (χ4n) is 2.08. The maximum absolute atomic E-state index is 10.9. The molecule has 0 radical (unpaired) electrons. The maximum atomic E-state index is 10.9. The zero-order valence-corrected chi connectivity index (χ0v) is 19.1. The summed E-state index contributed by atoms with van der Waals surface area (Å²) in [6, 6.07) is 4.05. The Hall–Kier alpha value is -1.99. The molecule has 3 heterocycles. The lowest BCUT2D eigenvalue weighted by atomic mass is 10.1. The van der Waals surface area contributed by atoms with E-state index < -0.39 is 0 Å². The van der Waals surface area contributed by atoms with E-state index in [1.54, 1.807) is 22.7 Å². The third-order valence-corrected chi connectivity index (χ3v) is 4.85. The summed E-state index contributed by atoms with van der Waals surface area (Å²) in [5, 5.41) is 6.04. The summed E-state index contributed by atoms with van der Waals surface area (Å²) < 4.78 is 10.8. The summed E-state index contributed by atoms with van der Waals surface area (Å²) in [4.78, 5) is 21.3. The molecule has 3 aromatic heterocycles. The highest BCUT2D eigenvalue weighted by molar-refractivity contribution is 7.13. The molecule has 3 aromatic rings. The van der Waals surface area contributed by atoms with E-state index in [0.29, 0.717) is 5.88 Å². The van der Waals surface area contributed by atoms with Crippen molar-refractivity contribution in [1.29, 1.82) is 0 Å². The molecule has 0 saturated heterocycles. The molecule has 0 spiro atoms. The Bertz CT molecular complexity index is 894. The standard InChI is InChI=1S/C13H12N2OS2.C8H16O2/c1-8(2)16-13-12(11-4-3-5-18-11)14-9-6-17-7-10(9)15-13;1-6(2)7(9)10-8(3,4)5/h3-8H,1-2H3;6H,1-5H3. The monoisotopic (exact) mass is 420 g/mol. The van der Waals surface area contributed by atoms with Crippen LogP contribution in [0.4, 0.5) is 0 Å². The number of thiophene rings is 2. The minimum Gasteiger partial charge on any atom is -0.473 e. The molecule has 0 fully saturated rings. The topological polar surface area (TPSA) is 61.3 Å². The summed E-state index contributed by atoms with van der Waals surface area (Å²) in [5.41, 5.74) is 2.32. The molecule has 0 bridgehead atoms. The predicted octanol–water partition coefficient (Wildman–Crippen LogP) is 6.19. The van der Waals surface area contributed by atoms with Crippen molar-refractivity contribution in [3.8, 4) is 16.5 Å². The first-order valence-electron chi connectivity index (χ1n) is 9.24. The van der Waals surface area contributed by atoms with Crippen LogP contribution in [0.1, 0.15) is 48.5 Å². The van der Waals surface area contributed by atoms with Crippen LogP contribution in [0.5, 0.6) is 5.88 Å². The van der Waals surface area contributed by atoms with E-state index in [2.05, 4.69) is 9.97 Å². The minimum absolute atomic E-state index is 0.0285. The van der Waals surface area contributed by atoms with Crippen molar-refractivity contribution in [1.82, 2.24) is 9.97 Å². The van der Waals surface area contributed by atoms with Crippen LogP contribution in [-0.4, -0.2) is 27.6 Å². The fourth-order valence-corrected chi connectivity index (χ4v) is 3.46. The second-order valence-corrected chi connectivity index (χ2v) is 9.54. The Kier molecular flexibility index (Phi) is 7.55. The van der Waals surface area contributed by atoms with E-state index in [1.807, 2.05) is 76.7 Å². The third-order valence-electron chi connectivity index (χ3n) is 3.26. The van der Waals surface area contributed by atoms with Crippen LogP contribution in [0.3, 0.4) is 0 Å². The average Bonchev–Trinajstić information content (AvgIpc) is 3.23. The summed E-state index contributed by atoms with van der Waals surface area (Å²) >= 11 is 3.26. The number of fused-ring (bicyclic) bond motifs is 1. The Morgan fingerprint density at radius 1 is 1.07 bits per heavy atom. The Morgan fingerprint density at radius 2 is 1.71 bits per heavy atom. The third kappa shape index (κ3) is 6.56. The van der Waals surface area contributed by atoms with Crippen LogP contribution in [0, 0.1) is 5.92 Å². The molecule has 0 aliphatic heterocycles. The number of aromatic nitrogens is 2. The molecule has 0 aliphatic carbocycles. The summed E-state index contributed by atoms with van der Waals surface area (Å²) in [6.07, 6.45) is 0.0918. The highest BCUT2D eigenvalue weighted by atomic mass is 32.1. The van der Waals surface area contributed by atoms with E-state index >= 15 is 0 Å². The Labute approximate surface area is 174 Å². The SMILES string of the molecule is CC(C)C(=O)OC(C)(C)C.CC(C)Oc1nc2cscc2nc1-c1cccs1. The van der Waals surface area contributed by atoms with E-state index in [9.17, 15) is 4.79 Å². The van der Waals surface area contributed by atoms with Crippen molar-refractivity contribution >= 4 is 39.7 Å². The fraction of sp³-hybridized carbons (Fsp3) is 0.476. The van der Waals surface area contributed by atoms with Crippen molar-refractivity contribution < 1.29 is 14.3 Å². The molecule has 0 amide bonds.